The Morgan fingerprint density at radius 1 is 1.03 bits per heavy atom. The van der Waals surface area contributed by atoms with Gasteiger partial charge in [-0.05, 0) is 52.9 Å². The molecule has 3 aromatic rings. The second-order valence-corrected chi connectivity index (χ2v) is 7.58. The first kappa shape index (κ1) is 17.6. The van der Waals surface area contributed by atoms with Crippen molar-refractivity contribution in [3.05, 3.63) is 76.5 Å². The monoisotopic (exact) mass is 387 g/mol. The largest absolute Gasteiger partial charge is 0.497 e. The Labute approximate surface area is 168 Å². The molecule has 7 heteroatoms. The number of methoxy groups -OCH3 is 1. The van der Waals surface area contributed by atoms with E-state index in [0.29, 0.717) is 12.4 Å². The van der Waals surface area contributed by atoms with Crippen molar-refractivity contribution < 1.29 is 9.53 Å². The maximum Gasteiger partial charge on any atom is 0.248 e. The molecule has 0 unspecified atom stereocenters. The number of rotatable bonds is 3. The fourth-order valence-electron chi connectivity index (χ4n) is 4.24. The lowest BCUT2D eigenvalue weighted by atomic mass is 9.78. The van der Waals surface area contributed by atoms with E-state index in [4.69, 9.17) is 4.74 Å². The summed E-state index contributed by atoms with van der Waals surface area (Å²) in [5.41, 5.74) is 4.98. The quantitative estimate of drug-likeness (QED) is 0.742. The lowest BCUT2D eigenvalue weighted by Crippen LogP contribution is -2.33. The number of benzene rings is 2. The molecule has 2 atom stereocenters. The summed E-state index contributed by atoms with van der Waals surface area (Å²) in [6.45, 7) is 2.05. The van der Waals surface area contributed by atoms with Crippen molar-refractivity contribution in [3.63, 3.8) is 0 Å². The van der Waals surface area contributed by atoms with Crippen molar-refractivity contribution in [2.24, 2.45) is 0 Å². The molecule has 0 bridgehead atoms. The van der Waals surface area contributed by atoms with E-state index in [0.717, 1.165) is 34.6 Å². The highest BCUT2D eigenvalue weighted by Crippen LogP contribution is 2.43. The van der Waals surface area contributed by atoms with Gasteiger partial charge >= 0.3 is 0 Å². The van der Waals surface area contributed by atoms with Crippen LogP contribution in [0.15, 0.2) is 59.8 Å². The number of nitrogens with zero attached hydrogens (tertiary/aromatic N) is 4. The molecule has 0 saturated heterocycles. The zero-order valence-corrected chi connectivity index (χ0v) is 16.3. The van der Waals surface area contributed by atoms with Crippen molar-refractivity contribution in [2.75, 3.05) is 12.4 Å². The number of tetrazole rings is 1. The number of allylic oxidation sites excluding steroid dienone is 2. The van der Waals surface area contributed by atoms with Crippen LogP contribution in [0.2, 0.25) is 0 Å². The van der Waals surface area contributed by atoms with E-state index in [9.17, 15) is 4.79 Å². The van der Waals surface area contributed by atoms with E-state index in [1.807, 2.05) is 43.3 Å². The molecule has 5 rings (SSSR count). The topological polar surface area (TPSA) is 81.9 Å². The van der Waals surface area contributed by atoms with Crippen LogP contribution in [0.3, 0.4) is 0 Å². The lowest BCUT2D eigenvalue weighted by molar-refractivity contribution is -0.116. The molecule has 2 aromatic carbocycles. The maximum atomic E-state index is 13.3. The van der Waals surface area contributed by atoms with Gasteiger partial charge in [0, 0.05) is 17.7 Å². The fourth-order valence-corrected chi connectivity index (χ4v) is 4.24. The summed E-state index contributed by atoms with van der Waals surface area (Å²) in [5.74, 6) is 1.62. The van der Waals surface area contributed by atoms with Gasteiger partial charge in [-0.25, -0.2) is 0 Å². The molecule has 1 aromatic heterocycles. The first-order chi connectivity index (χ1) is 14.1. The van der Waals surface area contributed by atoms with Crippen LogP contribution in [0.4, 0.5) is 5.95 Å². The second-order valence-electron chi connectivity index (χ2n) is 7.58. The number of ketones is 1. The molecule has 1 N–H and O–H groups in total. The van der Waals surface area contributed by atoms with Gasteiger partial charge in [-0.15, -0.1) is 0 Å². The highest BCUT2D eigenvalue weighted by atomic mass is 16.5. The zero-order chi connectivity index (χ0) is 20.0. The van der Waals surface area contributed by atoms with Crippen LogP contribution >= 0.6 is 0 Å². The average molecular weight is 387 g/mol. The first-order valence-electron chi connectivity index (χ1n) is 9.65. The van der Waals surface area contributed by atoms with Crippen LogP contribution in [-0.2, 0) is 4.79 Å². The normalized spacial score (nSPS) is 20.7. The van der Waals surface area contributed by atoms with Gasteiger partial charge in [-0.1, -0.05) is 47.1 Å². The van der Waals surface area contributed by atoms with Crippen LogP contribution < -0.4 is 10.1 Å². The van der Waals surface area contributed by atoms with Crippen molar-refractivity contribution >= 4 is 11.7 Å². The highest BCUT2D eigenvalue weighted by molar-refractivity contribution is 6.00. The number of carbonyl (C=O) groups is 1. The number of carbonyl (C=O) groups excluding carboxylic acids is 1. The number of fused-ring (bicyclic) bond motifs is 1. The third-order valence-electron chi connectivity index (χ3n) is 5.76. The molecule has 0 saturated carbocycles. The molecule has 7 nitrogen and oxygen atoms in total. The van der Waals surface area contributed by atoms with Crippen molar-refractivity contribution in [3.8, 4) is 5.75 Å². The molecular weight excluding hydrogens is 366 g/mol. The van der Waals surface area contributed by atoms with Gasteiger partial charge in [-0.3, -0.25) is 4.79 Å². The molecule has 146 valence electrons. The van der Waals surface area contributed by atoms with Crippen molar-refractivity contribution in [1.82, 2.24) is 20.2 Å². The maximum absolute atomic E-state index is 13.3. The molecule has 2 heterocycles. The second kappa shape index (κ2) is 6.84. The Morgan fingerprint density at radius 3 is 2.48 bits per heavy atom. The van der Waals surface area contributed by atoms with Crippen LogP contribution in [0.5, 0.6) is 5.75 Å². The number of ether oxygens (including phenoxy) is 1. The molecule has 0 amide bonds. The molecule has 0 spiro atoms. The predicted molar refractivity (Wildman–Crippen MR) is 108 cm³/mol. The highest BCUT2D eigenvalue weighted by Gasteiger charge is 2.39. The summed E-state index contributed by atoms with van der Waals surface area (Å²) in [6.07, 6.45) is 1.20. The number of aryl methyl sites for hydroxylation is 1. The minimum absolute atomic E-state index is 0.112. The molecule has 2 aliphatic rings. The molecule has 1 aliphatic carbocycles. The zero-order valence-electron chi connectivity index (χ0n) is 16.3. The van der Waals surface area contributed by atoms with E-state index >= 15 is 0 Å². The van der Waals surface area contributed by atoms with Crippen LogP contribution in [0.1, 0.15) is 41.5 Å². The summed E-state index contributed by atoms with van der Waals surface area (Å²) >= 11 is 0. The van der Waals surface area contributed by atoms with Crippen LogP contribution in [0.25, 0.3) is 0 Å². The predicted octanol–water partition coefficient (Wildman–Crippen LogP) is 3.41. The number of nitrogens with one attached hydrogen (secondary N) is 1. The number of anilines is 1. The smallest absolute Gasteiger partial charge is 0.248 e. The first-order valence-corrected chi connectivity index (χ1v) is 9.65. The van der Waals surface area contributed by atoms with Crippen molar-refractivity contribution in [1.29, 1.82) is 0 Å². The summed E-state index contributed by atoms with van der Waals surface area (Å²) < 4.78 is 6.96. The summed E-state index contributed by atoms with van der Waals surface area (Å²) in [4.78, 5) is 13.3. The molecular formula is C22H21N5O2. The van der Waals surface area contributed by atoms with E-state index in [-0.39, 0.29) is 17.7 Å². The van der Waals surface area contributed by atoms with Crippen molar-refractivity contribution in [2.45, 2.75) is 31.7 Å². The Bertz CT molecular complexity index is 1100. The fraction of sp³-hybridized carbons (Fsp3) is 0.273. The molecule has 0 radical (unpaired) electrons. The Hall–Kier alpha value is -3.48. The Morgan fingerprint density at radius 2 is 1.76 bits per heavy atom. The Kier molecular flexibility index (Phi) is 4.16. The third-order valence-corrected chi connectivity index (χ3v) is 5.76. The van der Waals surface area contributed by atoms with Gasteiger partial charge in [0.1, 0.15) is 11.8 Å². The number of hydrogen-bond acceptors (Lipinski definition) is 6. The SMILES string of the molecule is COc1ccc([C@@H]2CC(=O)C3=C(C2)Nc2nnnn2[C@H]3c2ccc(C)cc2)cc1. The van der Waals surface area contributed by atoms with E-state index in [1.54, 1.807) is 11.8 Å². The molecule has 0 fully saturated rings. The van der Waals surface area contributed by atoms with E-state index < -0.39 is 0 Å². The van der Waals surface area contributed by atoms with Gasteiger partial charge in [0.25, 0.3) is 0 Å². The minimum atomic E-state index is -0.304. The minimum Gasteiger partial charge on any atom is -0.497 e. The molecule has 1 aliphatic heterocycles. The van der Waals surface area contributed by atoms with E-state index in [2.05, 4.69) is 33.0 Å². The standard InChI is InChI=1S/C22H21N5O2/c1-13-3-5-15(6-4-13)21-20-18(23-22-24-25-26-27(21)22)11-16(12-19(20)28)14-7-9-17(29-2)10-8-14/h3-10,16,21H,11-12H2,1-2H3,(H,23,24,26)/t16-,21-/m0/s1. The number of Topliss-reactive ketones (excluding diaryl/α,β-unsaturated/α-hetero) is 1. The van der Waals surface area contributed by atoms with E-state index in [1.165, 1.54) is 5.56 Å². The van der Waals surface area contributed by atoms with Gasteiger partial charge in [0.15, 0.2) is 5.78 Å². The molecule has 29 heavy (non-hydrogen) atoms. The van der Waals surface area contributed by atoms with Gasteiger partial charge in [-0.2, -0.15) is 4.68 Å². The Balaban J connectivity index is 1.55. The summed E-state index contributed by atoms with van der Waals surface area (Å²) in [6, 6.07) is 15.8. The van der Waals surface area contributed by atoms with Gasteiger partial charge in [0.2, 0.25) is 5.95 Å². The third kappa shape index (κ3) is 2.99. The lowest BCUT2D eigenvalue weighted by Gasteiger charge is -2.34. The number of aromatic nitrogens is 4. The summed E-state index contributed by atoms with van der Waals surface area (Å²) in [5, 5.41) is 15.4. The summed E-state index contributed by atoms with van der Waals surface area (Å²) in [7, 11) is 1.65. The van der Waals surface area contributed by atoms with Gasteiger partial charge < -0.3 is 10.1 Å². The van der Waals surface area contributed by atoms with Crippen LogP contribution in [-0.4, -0.2) is 33.1 Å². The number of hydrogen-bond donors (Lipinski definition) is 1. The average Bonchev–Trinajstić information content (AvgIpc) is 3.21. The van der Waals surface area contributed by atoms with Gasteiger partial charge in [0.05, 0.1) is 7.11 Å². The van der Waals surface area contributed by atoms with Crippen LogP contribution in [0, 0.1) is 6.92 Å².